The quantitative estimate of drug-likeness (QED) is 0.316. The van der Waals surface area contributed by atoms with E-state index in [0.29, 0.717) is 30.9 Å². The summed E-state index contributed by atoms with van der Waals surface area (Å²) < 4.78 is 46.6. The molecule has 0 bridgehead atoms. The second kappa shape index (κ2) is 12.8. The average Bonchev–Trinajstić information content (AvgIpc) is 3.60. The van der Waals surface area contributed by atoms with Crippen LogP contribution in [0.3, 0.4) is 0 Å². The van der Waals surface area contributed by atoms with E-state index in [9.17, 15) is 8.42 Å². The molecule has 3 aromatic rings. The van der Waals surface area contributed by atoms with Crippen LogP contribution in [0.15, 0.2) is 82.8 Å². The van der Waals surface area contributed by atoms with Crippen LogP contribution in [0.4, 0.5) is 0 Å². The van der Waals surface area contributed by atoms with Gasteiger partial charge in [0.1, 0.15) is 0 Å². The molecule has 5 rings (SSSR count). The van der Waals surface area contributed by atoms with Crippen LogP contribution in [0.2, 0.25) is 0 Å². The topological polar surface area (TPSA) is 89.5 Å². The Balaban J connectivity index is 1.45. The molecule has 0 amide bonds. The van der Waals surface area contributed by atoms with Crippen molar-refractivity contribution < 1.29 is 22.6 Å². The molecule has 0 unspecified atom stereocenters. The van der Waals surface area contributed by atoms with Crippen LogP contribution in [0.5, 0.6) is 11.5 Å². The highest BCUT2D eigenvalue weighted by molar-refractivity contribution is 7.89. The summed E-state index contributed by atoms with van der Waals surface area (Å²) in [6, 6.07) is 22.6. The van der Waals surface area contributed by atoms with Gasteiger partial charge in [0.15, 0.2) is 11.5 Å². The lowest BCUT2D eigenvalue weighted by atomic mass is 9.90. The molecule has 1 fully saturated rings. The Morgan fingerprint density at radius 3 is 2.62 bits per heavy atom. The van der Waals surface area contributed by atoms with Crippen LogP contribution in [-0.2, 0) is 21.2 Å². The van der Waals surface area contributed by atoms with E-state index in [-0.39, 0.29) is 29.7 Å². The third kappa shape index (κ3) is 7.02. The Bertz CT molecular complexity index is 1400. The van der Waals surface area contributed by atoms with E-state index in [0.717, 1.165) is 36.1 Å². The number of aryl methyl sites for hydroxylation is 1. The molecule has 3 aromatic carbocycles. The second-order valence-electron chi connectivity index (χ2n) is 10.5. The van der Waals surface area contributed by atoms with Crippen LogP contribution >= 0.6 is 0 Å². The second-order valence-corrected chi connectivity index (χ2v) is 12.2. The number of methoxy groups -OCH3 is 1. The molecule has 1 N–H and O–H groups in total. The number of hydrogen-bond acceptors (Lipinski definition) is 7. The molecule has 0 spiro atoms. The zero-order chi connectivity index (χ0) is 28.0. The summed E-state index contributed by atoms with van der Waals surface area (Å²) in [6.45, 7) is 3.62. The van der Waals surface area contributed by atoms with Crippen molar-refractivity contribution in [2.75, 3.05) is 27.1 Å². The normalized spacial score (nSPS) is 18.4. The van der Waals surface area contributed by atoms with Crippen LogP contribution in [-0.4, -0.2) is 58.8 Å². The highest BCUT2D eigenvalue weighted by Gasteiger charge is 2.27. The van der Waals surface area contributed by atoms with Crippen LogP contribution in [0, 0.1) is 6.92 Å². The van der Waals surface area contributed by atoms with E-state index in [1.807, 2.05) is 73.8 Å². The Morgan fingerprint density at radius 1 is 1.07 bits per heavy atom. The zero-order valence-corrected chi connectivity index (χ0v) is 23.8. The molecule has 0 saturated carbocycles. The van der Waals surface area contributed by atoms with Crippen LogP contribution < -0.4 is 14.2 Å². The fraction of sp³-hybridized carbons (Fsp3) is 0.387. The van der Waals surface area contributed by atoms with E-state index in [4.69, 9.17) is 19.3 Å². The van der Waals surface area contributed by atoms with Crippen LogP contribution in [0.1, 0.15) is 41.9 Å². The van der Waals surface area contributed by atoms with Crippen molar-refractivity contribution >= 4 is 16.2 Å². The molecule has 212 valence electrons. The molecular weight excluding hydrogens is 526 g/mol. The van der Waals surface area contributed by atoms with Crippen LogP contribution in [0.25, 0.3) is 0 Å². The molecule has 2 heterocycles. The number of rotatable bonds is 12. The highest BCUT2D eigenvalue weighted by atomic mass is 32.2. The molecule has 3 atom stereocenters. The Morgan fingerprint density at radius 2 is 1.85 bits per heavy atom. The first-order valence-electron chi connectivity index (χ1n) is 13.7. The standard InChI is InChI=1S/C31H37N3O5S/c1-23-10-13-29(14-11-23)40(35,36)33-27(17-24-7-4-3-5-8-24)18-26(20-32-34-16-6-9-28(34)21-37-2)25-12-15-30-31(19-25)39-22-38-30/h3-5,7-8,10-15,19-20,26-28,33H,6,9,16-18,21-22H2,1-2H3/b32-20+/t26-,27-,28-/m0/s1. The lowest BCUT2D eigenvalue weighted by Crippen LogP contribution is -2.38. The molecule has 0 aromatic heterocycles. The lowest BCUT2D eigenvalue weighted by molar-refractivity contribution is 0.118. The van der Waals surface area contributed by atoms with E-state index in [1.165, 1.54) is 0 Å². The van der Waals surface area contributed by atoms with Gasteiger partial charge in [-0.2, -0.15) is 5.10 Å². The smallest absolute Gasteiger partial charge is 0.240 e. The SMILES string of the molecule is COC[C@@H]1CCCN1/N=C/[C@H](C[C@H](Cc1ccccc1)NS(=O)(=O)c1ccc(C)cc1)c1ccc2c(c1)OCO2. The number of nitrogens with zero attached hydrogens (tertiary/aromatic N) is 2. The zero-order valence-electron chi connectivity index (χ0n) is 23.0. The summed E-state index contributed by atoms with van der Waals surface area (Å²) in [5, 5.41) is 6.99. The van der Waals surface area contributed by atoms with Crippen molar-refractivity contribution in [1.29, 1.82) is 0 Å². The third-order valence-electron chi connectivity index (χ3n) is 7.44. The van der Waals surface area contributed by atoms with Crippen molar-refractivity contribution in [3.8, 4) is 11.5 Å². The number of sulfonamides is 1. The first-order valence-corrected chi connectivity index (χ1v) is 15.2. The number of hydrogen-bond donors (Lipinski definition) is 1. The van der Waals surface area contributed by atoms with Crippen molar-refractivity contribution in [2.24, 2.45) is 5.10 Å². The van der Waals surface area contributed by atoms with E-state index in [2.05, 4.69) is 9.73 Å². The van der Waals surface area contributed by atoms with E-state index >= 15 is 0 Å². The average molecular weight is 564 g/mol. The predicted molar refractivity (Wildman–Crippen MR) is 155 cm³/mol. The van der Waals surface area contributed by atoms with Gasteiger partial charge in [-0.05, 0) is 68.0 Å². The number of ether oxygens (including phenoxy) is 3. The van der Waals surface area contributed by atoms with Gasteiger partial charge in [0.05, 0.1) is 17.5 Å². The van der Waals surface area contributed by atoms with Gasteiger partial charge in [-0.3, -0.25) is 5.01 Å². The van der Waals surface area contributed by atoms with Gasteiger partial charge >= 0.3 is 0 Å². The fourth-order valence-corrected chi connectivity index (χ4v) is 6.56. The summed E-state index contributed by atoms with van der Waals surface area (Å²) in [5.41, 5.74) is 3.05. The maximum atomic E-state index is 13.5. The van der Waals surface area contributed by atoms with E-state index in [1.54, 1.807) is 19.2 Å². The number of nitrogens with one attached hydrogen (secondary N) is 1. The van der Waals surface area contributed by atoms with Gasteiger partial charge in [0.25, 0.3) is 0 Å². The monoisotopic (exact) mass is 563 g/mol. The number of benzene rings is 3. The first kappa shape index (κ1) is 28.1. The molecule has 1 saturated heterocycles. The molecular formula is C31H37N3O5S. The molecule has 2 aliphatic rings. The molecule has 0 radical (unpaired) electrons. The summed E-state index contributed by atoms with van der Waals surface area (Å²) in [7, 11) is -2.03. The highest BCUT2D eigenvalue weighted by Crippen LogP contribution is 2.36. The summed E-state index contributed by atoms with van der Waals surface area (Å²) in [6.07, 6.45) is 5.09. The Labute approximate surface area is 237 Å². The minimum Gasteiger partial charge on any atom is -0.454 e. The van der Waals surface area contributed by atoms with Gasteiger partial charge in [0, 0.05) is 31.8 Å². The molecule has 2 aliphatic heterocycles. The minimum atomic E-state index is -3.75. The maximum absolute atomic E-state index is 13.5. The van der Waals surface area contributed by atoms with Crippen molar-refractivity contribution in [3.05, 3.63) is 89.5 Å². The molecule has 9 heteroatoms. The fourth-order valence-electron chi connectivity index (χ4n) is 5.31. The number of fused-ring (bicyclic) bond motifs is 1. The lowest BCUT2D eigenvalue weighted by Gasteiger charge is -2.25. The maximum Gasteiger partial charge on any atom is 0.240 e. The molecule has 0 aliphatic carbocycles. The largest absolute Gasteiger partial charge is 0.454 e. The summed E-state index contributed by atoms with van der Waals surface area (Å²) in [4.78, 5) is 0.254. The molecule has 8 nitrogen and oxygen atoms in total. The van der Waals surface area contributed by atoms with Gasteiger partial charge in [0.2, 0.25) is 16.8 Å². The summed E-state index contributed by atoms with van der Waals surface area (Å²) in [5.74, 6) is 1.22. The minimum absolute atomic E-state index is 0.173. The third-order valence-corrected chi connectivity index (χ3v) is 8.98. The van der Waals surface area contributed by atoms with Crippen molar-refractivity contribution in [1.82, 2.24) is 9.73 Å². The van der Waals surface area contributed by atoms with Crippen molar-refractivity contribution in [3.63, 3.8) is 0 Å². The van der Waals surface area contributed by atoms with E-state index < -0.39 is 10.0 Å². The van der Waals surface area contributed by atoms with Gasteiger partial charge in [-0.15, -0.1) is 0 Å². The van der Waals surface area contributed by atoms with Gasteiger partial charge < -0.3 is 14.2 Å². The predicted octanol–water partition coefficient (Wildman–Crippen LogP) is 4.88. The summed E-state index contributed by atoms with van der Waals surface area (Å²) >= 11 is 0. The number of hydrazone groups is 1. The first-order chi connectivity index (χ1) is 19.4. The Kier molecular flexibility index (Phi) is 9.04. The Hall–Kier alpha value is -3.40. The molecule has 40 heavy (non-hydrogen) atoms. The van der Waals surface area contributed by atoms with Gasteiger partial charge in [-0.1, -0.05) is 54.1 Å². The van der Waals surface area contributed by atoms with Crippen molar-refractivity contribution in [2.45, 2.75) is 55.5 Å². The van der Waals surface area contributed by atoms with Gasteiger partial charge in [-0.25, -0.2) is 13.1 Å².